The molecule has 0 unspecified atom stereocenters. The van der Waals surface area contributed by atoms with E-state index in [1.165, 1.54) is 64.2 Å². The van der Waals surface area contributed by atoms with Crippen molar-refractivity contribution in [3.8, 4) is 0 Å². The molecule has 0 amide bonds. The van der Waals surface area contributed by atoms with E-state index in [0.29, 0.717) is 23.7 Å². The van der Waals surface area contributed by atoms with Gasteiger partial charge in [0, 0.05) is 12.1 Å². The molecule has 0 aromatic carbocycles. The van der Waals surface area contributed by atoms with E-state index in [-0.39, 0.29) is 17.0 Å². The van der Waals surface area contributed by atoms with Crippen LogP contribution in [0.5, 0.6) is 0 Å². The molecule has 0 aliphatic heterocycles. The smallest absolute Gasteiger partial charge is 0.252 e. The van der Waals surface area contributed by atoms with Crippen LogP contribution in [0, 0.1) is 46.3 Å². The molecule has 8 atom stereocenters. The molecular weight excluding hydrogens is 506 g/mol. The number of pyridine rings is 1. The summed E-state index contributed by atoms with van der Waals surface area (Å²) in [6.45, 7) is 13.4. The fraction of sp³-hybridized carbons (Fsp3) is 0.788. The Labute approximate surface area is 232 Å². The number of allylic oxidation sites excluding steroid dienone is 1. The summed E-state index contributed by atoms with van der Waals surface area (Å²) in [6, 6.07) is 6.24. The Bertz CT molecular complexity index is 883. The van der Waals surface area contributed by atoms with Crippen molar-refractivity contribution < 1.29 is 26.3 Å². The van der Waals surface area contributed by atoms with Gasteiger partial charge < -0.3 is 21.7 Å². The zero-order valence-corrected chi connectivity index (χ0v) is 25.3. The summed E-state index contributed by atoms with van der Waals surface area (Å²) in [7, 11) is 0. The van der Waals surface area contributed by atoms with E-state index in [0.717, 1.165) is 41.9 Å². The molecule has 0 saturated heterocycles. The topological polar surface area (TPSA) is 13.1 Å². The lowest BCUT2D eigenvalue weighted by atomic mass is 9.47. The van der Waals surface area contributed by atoms with Crippen LogP contribution in [0.25, 0.3) is 0 Å². The normalized spacial score (nSPS) is 38.4. The first-order valence-electron chi connectivity index (χ1n) is 15.1. The molecule has 36 heavy (non-hydrogen) atoms. The summed E-state index contributed by atoms with van der Waals surface area (Å²) < 4.78 is 8.55. The molecule has 202 valence electrons. The Morgan fingerprint density at radius 3 is 2.47 bits per heavy atom. The molecule has 1 aromatic heterocycles. The SMILES string of the molecule is CC(C)CCC[C@@H](C)[C@H]1CC[C@H]2[C@@H]3CC=C4C[C@@H](OC[n+]5ccccc5)CC[C@]4(C)[C@@H]3CC[C@]12C.[Br-]. The van der Waals surface area contributed by atoms with Crippen LogP contribution in [-0.2, 0) is 11.5 Å². The predicted octanol–water partition coefficient (Wildman–Crippen LogP) is 5.36. The van der Waals surface area contributed by atoms with Crippen molar-refractivity contribution in [2.75, 3.05) is 0 Å². The molecular formula is C33H52BrNO. The fourth-order valence-electron chi connectivity index (χ4n) is 9.51. The minimum Gasteiger partial charge on any atom is -1.00 e. The van der Waals surface area contributed by atoms with Crippen LogP contribution < -0.4 is 21.5 Å². The molecule has 3 saturated carbocycles. The number of hydrogen-bond acceptors (Lipinski definition) is 1. The maximum atomic E-state index is 6.39. The van der Waals surface area contributed by atoms with Gasteiger partial charge in [-0.1, -0.05) is 71.6 Å². The van der Waals surface area contributed by atoms with Crippen molar-refractivity contribution in [3.05, 3.63) is 42.2 Å². The number of ether oxygens (including phenoxy) is 1. The second-order valence-corrected chi connectivity index (χ2v) is 13.8. The molecule has 5 rings (SSSR count). The third kappa shape index (κ3) is 5.40. The Hall–Kier alpha value is -0.670. The molecule has 3 heteroatoms. The van der Waals surface area contributed by atoms with Crippen LogP contribution >= 0.6 is 0 Å². The van der Waals surface area contributed by atoms with Gasteiger partial charge in [-0.05, 0) is 97.7 Å². The van der Waals surface area contributed by atoms with Crippen LogP contribution in [-0.4, -0.2) is 6.10 Å². The van der Waals surface area contributed by atoms with Gasteiger partial charge in [0.15, 0.2) is 12.4 Å². The van der Waals surface area contributed by atoms with E-state index in [1.807, 2.05) is 0 Å². The summed E-state index contributed by atoms with van der Waals surface area (Å²) in [4.78, 5) is 0. The van der Waals surface area contributed by atoms with Crippen molar-refractivity contribution >= 4 is 0 Å². The van der Waals surface area contributed by atoms with Crippen molar-refractivity contribution in [1.29, 1.82) is 0 Å². The second-order valence-electron chi connectivity index (χ2n) is 13.8. The van der Waals surface area contributed by atoms with E-state index >= 15 is 0 Å². The quantitative estimate of drug-likeness (QED) is 0.309. The van der Waals surface area contributed by atoms with Gasteiger partial charge in [-0.25, -0.2) is 0 Å². The van der Waals surface area contributed by atoms with Crippen molar-refractivity contribution in [2.24, 2.45) is 46.3 Å². The lowest BCUT2D eigenvalue weighted by Gasteiger charge is -2.58. The number of rotatable bonds is 8. The molecule has 4 aliphatic rings. The number of halogens is 1. The zero-order valence-electron chi connectivity index (χ0n) is 23.7. The summed E-state index contributed by atoms with van der Waals surface area (Å²) in [5, 5.41) is 0. The monoisotopic (exact) mass is 557 g/mol. The van der Waals surface area contributed by atoms with Crippen LogP contribution in [0.2, 0.25) is 0 Å². The number of aromatic nitrogens is 1. The van der Waals surface area contributed by atoms with Gasteiger partial charge in [0.05, 0.1) is 6.10 Å². The first-order valence-corrected chi connectivity index (χ1v) is 15.1. The predicted molar refractivity (Wildman–Crippen MR) is 145 cm³/mol. The Morgan fingerprint density at radius 2 is 1.72 bits per heavy atom. The van der Waals surface area contributed by atoms with Gasteiger partial charge >= 0.3 is 0 Å². The Morgan fingerprint density at radius 1 is 0.944 bits per heavy atom. The highest BCUT2D eigenvalue weighted by atomic mass is 79.9. The minimum absolute atomic E-state index is 0. The third-order valence-corrected chi connectivity index (χ3v) is 11.5. The molecule has 0 bridgehead atoms. The number of hydrogen-bond donors (Lipinski definition) is 0. The highest BCUT2D eigenvalue weighted by molar-refractivity contribution is 5.25. The first kappa shape index (κ1) is 28.3. The average Bonchev–Trinajstić information content (AvgIpc) is 3.20. The van der Waals surface area contributed by atoms with E-state index in [9.17, 15) is 0 Å². The average molecular weight is 559 g/mol. The third-order valence-electron chi connectivity index (χ3n) is 11.5. The van der Waals surface area contributed by atoms with Crippen molar-refractivity contribution in [2.45, 2.75) is 118 Å². The van der Waals surface area contributed by atoms with Gasteiger partial charge in [-0.3, -0.25) is 0 Å². The highest BCUT2D eigenvalue weighted by Gasteiger charge is 2.59. The van der Waals surface area contributed by atoms with Crippen LogP contribution in [0.1, 0.15) is 105 Å². The lowest BCUT2D eigenvalue weighted by molar-refractivity contribution is -0.735. The van der Waals surface area contributed by atoms with Gasteiger partial charge in [0.25, 0.3) is 6.73 Å². The van der Waals surface area contributed by atoms with Crippen LogP contribution in [0.3, 0.4) is 0 Å². The van der Waals surface area contributed by atoms with E-state index in [4.69, 9.17) is 4.74 Å². The Balaban J connectivity index is 0.00000304. The molecule has 0 radical (unpaired) electrons. The highest BCUT2D eigenvalue weighted by Crippen LogP contribution is 2.67. The summed E-state index contributed by atoms with van der Waals surface area (Å²) >= 11 is 0. The van der Waals surface area contributed by atoms with Crippen molar-refractivity contribution in [3.63, 3.8) is 0 Å². The van der Waals surface area contributed by atoms with E-state index in [1.54, 1.807) is 5.57 Å². The lowest BCUT2D eigenvalue weighted by Crippen LogP contribution is -3.00. The van der Waals surface area contributed by atoms with Gasteiger partial charge in [0.2, 0.25) is 0 Å². The van der Waals surface area contributed by atoms with Gasteiger partial charge in [-0.2, -0.15) is 4.57 Å². The van der Waals surface area contributed by atoms with Gasteiger partial charge in [0.1, 0.15) is 0 Å². The van der Waals surface area contributed by atoms with Gasteiger partial charge in [-0.15, -0.1) is 0 Å². The summed E-state index contributed by atoms with van der Waals surface area (Å²) in [6.07, 6.45) is 22.6. The van der Waals surface area contributed by atoms with E-state index in [2.05, 4.69) is 75.9 Å². The maximum absolute atomic E-state index is 6.39. The second kappa shape index (κ2) is 11.6. The summed E-state index contributed by atoms with van der Waals surface area (Å²) in [5.74, 6) is 5.50. The molecule has 2 nitrogen and oxygen atoms in total. The minimum atomic E-state index is 0. The number of fused-ring (bicyclic) bond motifs is 5. The largest absolute Gasteiger partial charge is 1.00 e. The molecule has 1 heterocycles. The zero-order chi connectivity index (χ0) is 24.6. The molecule has 4 aliphatic carbocycles. The molecule has 3 fully saturated rings. The molecule has 0 N–H and O–H groups in total. The standard InChI is InChI=1S/C33H52NO.BrH/c1-24(2)10-9-11-25(3)29-14-15-30-28-13-12-26-22-27(35-23-34-20-7-6-8-21-34)16-18-32(26,4)31(28)17-19-33(29,30)5;/h6-8,12,20-21,24-25,27-31H,9-11,13-19,22-23H2,1-5H3;1H/q+1;/p-1/t25-,27+,28+,29-,30+,31-,32+,33-;/m1./s1. The molecule has 1 aromatic rings. The summed E-state index contributed by atoms with van der Waals surface area (Å²) in [5.41, 5.74) is 2.76. The fourth-order valence-corrected chi connectivity index (χ4v) is 9.51. The maximum Gasteiger partial charge on any atom is 0.252 e. The molecule has 0 spiro atoms. The van der Waals surface area contributed by atoms with Crippen LogP contribution in [0.4, 0.5) is 0 Å². The Kier molecular flexibility index (Phi) is 9.13. The number of nitrogens with zero attached hydrogens (tertiary/aromatic N) is 1. The first-order chi connectivity index (χ1) is 16.8. The van der Waals surface area contributed by atoms with Crippen LogP contribution in [0.15, 0.2) is 42.2 Å². The van der Waals surface area contributed by atoms with Crippen molar-refractivity contribution in [1.82, 2.24) is 0 Å². The van der Waals surface area contributed by atoms with E-state index < -0.39 is 0 Å².